The van der Waals surface area contributed by atoms with E-state index in [-0.39, 0.29) is 24.8 Å². The summed E-state index contributed by atoms with van der Waals surface area (Å²) in [5.74, 6) is -1.35. The van der Waals surface area contributed by atoms with Crippen LogP contribution in [0.3, 0.4) is 0 Å². The molecule has 2 aromatic rings. The molecule has 7 heteroatoms. The molecule has 0 saturated carbocycles. The summed E-state index contributed by atoms with van der Waals surface area (Å²) in [6, 6.07) is 12.5. The molecule has 0 aliphatic carbocycles. The predicted molar refractivity (Wildman–Crippen MR) is 106 cm³/mol. The third kappa shape index (κ3) is 6.83. The zero-order valence-electron chi connectivity index (χ0n) is 16.1. The number of amides is 3. The molecular weight excluding hydrogens is 361 g/mol. The number of carbonyl (C=O) groups excluding carboxylic acids is 3. The van der Waals surface area contributed by atoms with Crippen molar-refractivity contribution in [3.05, 3.63) is 59.9 Å². The zero-order chi connectivity index (χ0) is 20.7. The molecule has 3 N–H and O–H groups in total. The molecule has 2 aromatic carbocycles. The number of hydrogen-bond acceptors (Lipinski definition) is 3. The maximum atomic E-state index is 13.1. The van der Waals surface area contributed by atoms with E-state index < -0.39 is 17.1 Å². The fourth-order valence-corrected chi connectivity index (χ4v) is 2.27. The Morgan fingerprint density at radius 2 is 1.54 bits per heavy atom. The van der Waals surface area contributed by atoms with Gasteiger partial charge in [-0.25, -0.2) is 4.39 Å². The lowest BCUT2D eigenvalue weighted by Gasteiger charge is -2.18. The summed E-state index contributed by atoms with van der Waals surface area (Å²) in [5.41, 5.74) is 1.05. The molecule has 0 saturated heterocycles. The Labute approximate surface area is 163 Å². The Morgan fingerprint density at radius 1 is 0.893 bits per heavy atom. The van der Waals surface area contributed by atoms with Crippen molar-refractivity contribution in [3.63, 3.8) is 0 Å². The highest BCUT2D eigenvalue weighted by Gasteiger charge is 2.21. The van der Waals surface area contributed by atoms with E-state index in [4.69, 9.17) is 0 Å². The van der Waals surface area contributed by atoms with Crippen LogP contribution in [0.1, 0.15) is 26.3 Å². The van der Waals surface area contributed by atoms with Crippen LogP contribution in [0.15, 0.2) is 48.5 Å². The summed E-state index contributed by atoms with van der Waals surface area (Å²) in [4.78, 5) is 36.0. The second kappa shape index (κ2) is 9.12. The van der Waals surface area contributed by atoms with Gasteiger partial charge in [0.2, 0.25) is 17.7 Å². The summed E-state index contributed by atoms with van der Waals surface area (Å²) in [6.07, 6.45) is -0.0145. The summed E-state index contributed by atoms with van der Waals surface area (Å²) in [7, 11) is 0. The number of halogens is 1. The summed E-state index contributed by atoms with van der Waals surface area (Å²) in [5, 5.41) is 7.94. The maximum Gasteiger partial charge on any atom is 0.243 e. The van der Waals surface area contributed by atoms with E-state index in [1.807, 2.05) is 0 Å². The van der Waals surface area contributed by atoms with Crippen LogP contribution in [-0.2, 0) is 20.8 Å². The molecule has 28 heavy (non-hydrogen) atoms. The van der Waals surface area contributed by atoms with E-state index in [9.17, 15) is 18.8 Å². The first-order valence-corrected chi connectivity index (χ1v) is 8.86. The minimum absolute atomic E-state index is 0.0145. The van der Waals surface area contributed by atoms with Gasteiger partial charge < -0.3 is 16.0 Å². The van der Waals surface area contributed by atoms with Crippen LogP contribution in [0.2, 0.25) is 0 Å². The lowest BCUT2D eigenvalue weighted by Crippen LogP contribution is -2.33. The van der Waals surface area contributed by atoms with Crippen molar-refractivity contribution in [2.75, 3.05) is 17.2 Å². The summed E-state index contributed by atoms with van der Waals surface area (Å²) in [6.45, 7) is 5.20. The Bertz CT molecular complexity index is 875. The van der Waals surface area contributed by atoms with Gasteiger partial charge >= 0.3 is 0 Å². The van der Waals surface area contributed by atoms with Crippen molar-refractivity contribution >= 4 is 29.1 Å². The Kier molecular flexibility index (Phi) is 6.87. The number of hydrogen-bond donors (Lipinski definition) is 3. The fourth-order valence-electron chi connectivity index (χ4n) is 2.27. The van der Waals surface area contributed by atoms with E-state index >= 15 is 0 Å². The van der Waals surface area contributed by atoms with Crippen LogP contribution in [0, 0.1) is 11.2 Å². The van der Waals surface area contributed by atoms with Gasteiger partial charge in [0.1, 0.15) is 5.82 Å². The van der Waals surface area contributed by atoms with E-state index in [1.165, 1.54) is 18.2 Å². The molecule has 0 fully saturated rings. The zero-order valence-corrected chi connectivity index (χ0v) is 16.1. The van der Waals surface area contributed by atoms with Crippen LogP contribution < -0.4 is 16.0 Å². The van der Waals surface area contributed by atoms with Gasteiger partial charge in [0.05, 0.1) is 13.0 Å². The van der Waals surface area contributed by atoms with E-state index in [1.54, 1.807) is 51.1 Å². The highest BCUT2D eigenvalue weighted by molar-refractivity contribution is 5.97. The van der Waals surface area contributed by atoms with Crippen LogP contribution in [-0.4, -0.2) is 24.3 Å². The standard InChI is InChI=1S/C21H24FN3O3/c1-21(2,3)20(28)25-17-9-5-8-16(12-17)24-19(27)13-23-18(26)11-14-6-4-7-15(22)10-14/h4-10,12H,11,13H2,1-3H3,(H,23,26)(H,24,27)(H,25,28). The van der Waals surface area contributed by atoms with E-state index in [0.717, 1.165) is 0 Å². The van der Waals surface area contributed by atoms with Gasteiger partial charge in [-0.1, -0.05) is 39.0 Å². The topological polar surface area (TPSA) is 87.3 Å². The van der Waals surface area contributed by atoms with Crippen molar-refractivity contribution in [3.8, 4) is 0 Å². The molecule has 0 atom stereocenters. The van der Waals surface area contributed by atoms with Gasteiger partial charge in [0, 0.05) is 16.8 Å². The minimum atomic E-state index is -0.537. The van der Waals surface area contributed by atoms with Crippen LogP contribution in [0.5, 0.6) is 0 Å². The second-order valence-electron chi connectivity index (χ2n) is 7.42. The lowest BCUT2D eigenvalue weighted by atomic mass is 9.95. The van der Waals surface area contributed by atoms with Gasteiger partial charge in [-0.2, -0.15) is 0 Å². The quantitative estimate of drug-likeness (QED) is 0.714. The van der Waals surface area contributed by atoms with Gasteiger partial charge in [0.15, 0.2) is 0 Å². The van der Waals surface area contributed by atoms with Crippen molar-refractivity contribution in [1.82, 2.24) is 5.32 Å². The van der Waals surface area contributed by atoms with Crippen LogP contribution in [0.4, 0.5) is 15.8 Å². The second-order valence-corrected chi connectivity index (χ2v) is 7.42. The molecule has 0 bridgehead atoms. The maximum absolute atomic E-state index is 13.1. The Morgan fingerprint density at radius 3 is 2.18 bits per heavy atom. The third-order valence-electron chi connectivity index (χ3n) is 3.79. The van der Waals surface area contributed by atoms with Crippen molar-refractivity contribution in [2.24, 2.45) is 5.41 Å². The molecular formula is C21H24FN3O3. The number of benzene rings is 2. The molecule has 0 radical (unpaired) electrons. The van der Waals surface area contributed by atoms with Crippen LogP contribution in [0.25, 0.3) is 0 Å². The molecule has 0 aromatic heterocycles. The predicted octanol–water partition coefficient (Wildman–Crippen LogP) is 3.11. The molecule has 2 rings (SSSR count). The average Bonchev–Trinajstić information content (AvgIpc) is 2.59. The van der Waals surface area contributed by atoms with Gasteiger partial charge in [-0.3, -0.25) is 14.4 Å². The SMILES string of the molecule is CC(C)(C)C(=O)Nc1cccc(NC(=O)CNC(=O)Cc2cccc(F)c2)c1. The minimum Gasteiger partial charge on any atom is -0.347 e. The number of rotatable bonds is 6. The monoisotopic (exact) mass is 385 g/mol. The van der Waals surface area contributed by atoms with Crippen molar-refractivity contribution in [2.45, 2.75) is 27.2 Å². The van der Waals surface area contributed by atoms with Gasteiger partial charge in [-0.05, 0) is 35.9 Å². The molecule has 0 unspecified atom stereocenters. The molecule has 0 aliphatic rings. The first-order valence-electron chi connectivity index (χ1n) is 8.86. The molecule has 0 spiro atoms. The molecule has 0 heterocycles. The summed E-state index contributed by atoms with van der Waals surface area (Å²) < 4.78 is 13.1. The normalized spacial score (nSPS) is 10.9. The van der Waals surface area contributed by atoms with Gasteiger partial charge in [0.25, 0.3) is 0 Å². The van der Waals surface area contributed by atoms with Gasteiger partial charge in [-0.15, -0.1) is 0 Å². The molecule has 3 amide bonds. The Hall–Kier alpha value is -3.22. The molecule has 6 nitrogen and oxygen atoms in total. The van der Waals surface area contributed by atoms with Crippen molar-refractivity contribution in [1.29, 1.82) is 0 Å². The highest BCUT2D eigenvalue weighted by Crippen LogP contribution is 2.20. The number of carbonyl (C=O) groups is 3. The molecule has 0 aliphatic heterocycles. The first-order chi connectivity index (χ1) is 13.1. The van der Waals surface area contributed by atoms with E-state index in [0.29, 0.717) is 16.9 Å². The summed E-state index contributed by atoms with van der Waals surface area (Å²) >= 11 is 0. The van der Waals surface area contributed by atoms with E-state index in [2.05, 4.69) is 16.0 Å². The lowest BCUT2D eigenvalue weighted by molar-refractivity contribution is -0.123. The highest BCUT2D eigenvalue weighted by atomic mass is 19.1. The van der Waals surface area contributed by atoms with Crippen molar-refractivity contribution < 1.29 is 18.8 Å². The van der Waals surface area contributed by atoms with Crippen LogP contribution >= 0.6 is 0 Å². The smallest absolute Gasteiger partial charge is 0.243 e. The molecule has 148 valence electrons. The average molecular weight is 385 g/mol. The first kappa shape index (κ1) is 21.1. The fraction of sp³-hybridized carbons (Fsp3) is 0.286. The third-order valence-corrected chi connectivity index (χ3v) is 3.79. The Balaban J connectivity index is 1.85. The number of anilines is 2. The number of nitrogens with one attached hydrogen (secondary N) is 3. The largest absolute Gasteiger partial charge is 0.347 e.